The van der Waals surface area contributed by atoms with E-state index in [0.717, 1.165) is 5.56 Å². The number of nitrogens with one attached hydrogen (secondary N) is 2. The molecule has 1 aromatic heterocycles. The van der Waals surface area contributed by atoms with E-state index < -0.39 is 6.10 Å². The number of carbonyl (C=O) groups excluding carboxylic acids is 1. The summed E-state index contributed by atoms with van der Waals surface area (Å²) < 4.78 is 11.2. The number of rotatable bonds is 10. The Bertz CT molecular complexity index is 1320. The number of benzene rings is 1. The molecule has 12 heteroatoms. The number of morpholine rings is 1. The van der Waals surface area contributed by atoms with Gasteiger partial charge < -0.3 is 40.2 Å². The van der Waals surface area contributed by atoms with Crippen LogP contribution in [0.4, 0.5) is 5.82 Å². The minimum atomic E-state index is -0.684. The molecule has 1 atom stereocenters. The number of hydrogen-bond donors (Lipinski definition) is 4. The summed E-state index contributed by atoms with van der Waals surface area (Å²) in [7, 11) is 1.75. The molecule has 1 amide bonds. The third-order valence-corrected chi connectivity index (χ3v) is 7.95. The fourth-order valence-electron chi connectivity index (χ4n) is 5.43. The van der Waals surface area contributed by atoms with E-state index in [0.29, 0.717) is 98.0 Å². The second-order valence-corrected chi connectivity index (χ2v) is 11.2. The van der Waals surface area contributed by atoms with Crippen molar-refractivity contribution >= 4 is 34.6 Å². The second kappa shape index (κ2) is 14.3. The van der Waals surface area contributed by atoms with Crippen molar-refractivity contribution in [3.63, 3.8) is 0 Å². The van der Waals surface area contributed by atoms with Gasteiger partial charge in [-0.25, -0.2) is 9.97 Å². The molecule has 0 aliphatic carbocycles. The summed E-state index contributed by atoms with van der Waals surface area (Å²) in [5.74, 6) is 1.60. The number of piperidine rings is 1. The largest absolute Gasteiger partial charge is 0.512 e. The average molecular weight is 601 g/mol. The summed E-state index contributed by atoms with van der Waals surface area (Å²) in [6.45, 7) is 9.18. The molecule has 0 unspecified atom stereocenters. The van der Waals surface area contributed by atoms with Crippen LogP contribution in [0, 0.1) is 18.3 Å². The van der Waals surface area contributed by atoms with Gasteiger partial charge in [0.2, 0.25) is 5.91 Å². The number of hydrogen-bond acceptors (Lipinski definition) is 10. The van der Waals surface area contributed by atoms with Crippen LogP contribution in [0.2, 0.25) is 5.02 Å². The van der Waals surface area contributed by atoms with Crippen molar-refractivity contribution < 1.29 is 24.5 Å². The first-order valence-electron chi connectivity index (χ1n) is 14.3. The number of ether oxygens (including phenoxy) is 2. The summed E-state index contributed by atoms with van der Waals surface area (Å²) in [6.07, 6.45) is 0.695. The van der Waals surface area contributed by atoms with Gasteiger partial charge in [0.1, 0.15) is 30.0 Å². The van der Waals surface area contributed by atoms with Crippen molar-refractivity contribution in [1.29, 1.82) is 5.41 Å². The van der Waals surface area contributed by atoms with E-state index in [2.05, 4.69) is 10.2 Å². The number of anilines is 1. The molecule has 4 rings (SSSR count). The van der Waals surface area contributed by atoms with Crippen molar-refractivity contribution in [3.05, 3.63) is 40.2 Å². The maximum absolute atomic E-state index is 13.1. The molecular formula is C30H41ClN6O5. The van der Waals surface area contributed by atoms with Crippen molar-refractivity contribution in [2.45, 2.75) is 39.7 Å². The van der Waals surface area contributed by atoms with E-state index in [9.17, 15) is 15.0 Å². The molecule has 2 aliphatic rings. The van der Waals surface area contributed by atoms with Crippen LogP contribution in [0.15, 0.2) is 24.0 Å². The quantitative estimate of drug-likeness (QED) is 0.238. The fraction of sp³-hybridized carbons (Fsp3) is 0.533. The third-order valence-electron chi connectivity index (χ3n) is 7.62. The molecule has 2 aromatic rings. The molecule has 0 saturated carbocycles. The van der Waals surface area contributed by atoms with E-state index >= 15 is 0 Å². The Morgan fingerprint density at radius 2 is 1.90 bits per heavy atom. The normalized spacial score (nSPS) is 17.6. The predicted molar refractivity (Wildman–Crippen MR) is 164 cm³/mol. The van der Waals surface area contributed by atoms with E-state index in [1.807, 2.05) is 11.8 Å². The molecule has 1 aromatic carbocycles. The highest BCUT2D eigenvalue weighted by molar-refractivity contribution is 6.33. The van der Waals surface area contributed by atoms with Gasteiger partial charge in [0.05, 0.1) is 29.5 Å². The van der Waals surface area contributed by atoms with Gasteiger partial charge in [-0.2, -0.15) is 0 Å². The lowest BCUT2D eigenvalue weighted by Crippen LogP contribution is -2.47. The highest BCUT2D eigenvalue weighted by Gasteiger charge is 2.31. The first-order chi connectivity index (χ1) is 20.1. The van der Waals surface area contributed by atoms with Gasteiger partial charge in [0.15, 0.2) is 5.82 Å². The maximum Gasteiger partial charge on any atom is 0.225 e. The molecule has 4 N–H and O–H groups in total. The minimum Gasteiger partial charge on any atom is -0.512 e. The zero-order chi connectivity index (χ0) is 30.4. The lowest BCUT2D eigenvalue weighted by atomic mass is 9.94. The smallest absolute Gasteiger partial charge is 0.225 e. The molecule has 3 heterocycles. The standard InChI is InChI=1S/C30H41ClN6O5/c1-18-27(26(19(2)32)20(3)38)34-28(24-15-23(5-6-25(24)31)42-17-22(39)16-33-4)35-29(18)36-9-7-21(8-10-36)30(40)37-11-13-41-14-12-37/h5-6,15,21-22,32-33,38-39H,7-14,16-17H2,1-4H3/b26-20+,32-19?/t22-/m1/s1. The lowest BCUT2D eigenvalue weighted by Gasteiger charge is -2.36. The number of likely N-dealkylation sites (N-methyl/N-ethyl adjacent to an activating group) is 1. The number of aliphatic hydroxyl groups excluding tert-OH is 2. The highest BCUT2D eigenvalue weighted by atomic mass is 35.5. The molecule has 42 heavy (non-hydrogen) atoms. The Morgan fingerprint density at radius 1 is 1.21 bits per heavy atom. The van der Waals surface area contributed by atoms with E-state index in [1.54, 1.807) is 32.2 Å². The lowest BCUT2D eigenvalue weighted by molar-refractivity contribution is -0.140. The van der Waals surface area contributed by atoms with Crippen LogP contribution in [-0.4, -0.2) is 102 Å². The summed E-state index contributed by atoms with van der Waals surface area (Å²) in [4.78, 5) is 26.9. The Balaban J connectivity index is 1.68. The van der Waals surface area contributed by atoms with E-state index in [1.165, 1.54) is 6.92 Å². The predicted octanol–water partition coefficient (Wildman–Crippen LogP) is 3.47. The Labute approximate surface area is 252 Å². The van der Waals surface area contributed by atoms with Crippen molar-refractivity contribution in [2.24, 2.45) is 5.92 Å². The molecule has 0 bridgehead atoms. The summed E-state index contributed by atoms with van der Waals surface area (Å²) in [5.41, 5.74) is 2.19. The molecule has 11 nitrogen and oxygen atoms in total. The number of allylic oxidation sites excluding steroid dienone is 2. The Hall–Kier alpha value is -3.25. The molecule has 228 valence electrons. The van der Waals surface area contributed by atoms with E-state index in [-0.39, 0.29) is 29.9 Å². The fourth-order valence-corrected chi connectivity index (χ4v) is 5.63. The summed E-state index contributed by atoms with van der Waals surface area (Å²) in [6, 6.07) is 5.14. The van der Waals surface area contributed by atoms with Crippen molar-refractivity contribution in [1.82, 2.24) is 20.2 Å². The van der Waals surface area contributed by atoms with Crippen molar-refractivity contribution in [2.75, 3.05) is 64.5 Å². The number of aliphatic hydroxyl groups is 2. The van der Waals surface area contributed by atoms with Gasteiger partial charge in [0.25, 0.3) is 0 Å². The number of carbonyl (C=O) groups is 1. The van der Waals surface area contributed by atoms with Crippen LogP contribution in [0.5, 0.6) is 5.75 Å². The highest BCUT2D eigenvalue weighted by Crippen LogP contribution is 2.36. The minimum absolute atomic E-state index is 0.0160. The van der Waals surface area contributed by atoms with Gasteiger partial charge in [0, 0.05) is 55.5 Å². The van der Waals surface area contributed by atoms with Gasteiger partial charge in [-0.3, -0.25) is 4.79 Å². The number of halogens is 1. The van der Waals surface area contributed by atoms with Crippen LogP contribution in [-0.2, 0) is 9.53 Å². The topological polar surface area (TPSA) is 144 Å². The zero-order valence-corrected chi connectivity index (χ0v) is 25.5. The number of amides is 1. The molecule has 0 spiro atoms. The number of aromatic nitrogens is 2. The van der Waals surface area contributed by atoms with Gasteiger partial charge >= 0.3 is 0 Å². The first kappa shape index (κ1) is 31.7. The summed E-state index contributed by atoms with van der Waals surface area (Å²) in [5, 5.41) is 32.3. The van der Waals surface area contributed by atoms with Crippen LogP contribution >= 0.6 is 11.6 Å². The van der Waals surface area contributed by atoms with Crippen LogP contribution in [0.25, 0.3) is 17.0 Å². The van der Waals surface area contributed by atoms with Crippen LogP contribution in [0.1, 0.15) is 37.9 Å². The first-order valence-corrected chi connectivity index (χ1v) is 14.7. The zero-order valence-electron chi connectivity index (χ0n) is 24.7. The molecular weight excluding hydrogens is 560 g/mol. The molecule has 2 fully saturated rings. The number of nitrogens with zero attached hydrogens (tertiary/aromatic N) is 4. The van der Waals surface area contributed by atoms with E-state index in [4.69, 9.17) is 36.5 Å². The summed E-state index contributed by atoms with van der Waals surface area (Å²) >= 11 is 6.64. The monoisotopic (exact) mass is 600 g/mol. The van der Waals surface area contributed by atoms with Crippen LogP contribution < -0.4 is 15.0 Å². The Kier molecular flexibility index (Phi) is 10.8. The van der Waals surface area contributed by atoms with Gasteiger partial charge in [-0.1, -0.05) is 11.6 Å². The molecule has 0 radical (unpaired) electrons. The van der Waals surface area contributed by atoms with Crippen LogP contribution in [0.3, 0.4) is 0 Å². The Morgan fingerprint density at radius 3 is 2.52 bits per heavy atom. The SMILES string of the molecule is CNC[C@@H](O)COc1ccc(Cl)c(-c2nc(/C(C(C)=N)=C(\C)O)c(C)c(N3CCC(C(=O)N4CCOCC4)CC3)n2)c1. The molecule has 2 saturated heterocycles. The van der Waals surface area contributed by atoms with Crippen molar-refractivity contribution in [3.8, 4) is 17.1 Å². The third kappa shape index (κ3) is 7.38. The molecule has 2 aliphatic heterocycles. The second-order valence-electron chi connectivity index (χ2n) is 10.8. The maximum atomic E-state index is 13.1. The van der Waals surface area contributed by atoms with Gasteiger partial charge in [-0.15, -0.1) is 0 Å². The van der Waals surface area contributed by atoms with Gasteiger partial charge in [-0.05, 0) is 58.9 Å². The average Bonchev–Trinajstić information content (AvgIpc) is 2.98.